The standard InChI is InChI=1S/C19H19NO5/c21-18(22)12-15(13-5-2-1-3-6-13)20-19(23)14-7-8-16-17(11-14)25-10-4-9-24-16/h1-3,5-8,11,15H,4,9-10,12H2,(H,20,23)(H,21,22). The highest BCUT2D eigenvalue weighted by Gasteiger charge is 2.20. The van der Waals surface area contributed by atoms with Crippen LogP contribution < -0.4 is 14.8 Å². The lowest BCUT2D eigenvalue weighted by atomic mass is 10.0. The van der Waals surface area contributed by atoms with Crippen LogP contribution in [0.4, 0.5) is 0 Å². The van der Waals surface area contributed by atoms with E-state index < -0.39 is 12.0 Å². The molecule has 0 spiro atoms. The fourth-order valence-corrected chi connectivity index (χ4v) is 2.66. The molecule has 0 aliphatic carbocycles. The van der Waals surface area contributed by atoms with Crippen molar-refractivity contribution in [1.82, 2.24) is 5.32 Å². The van der Waals surface area contributed by atoms with Crippen molar-refractivity contribution in [3.05, 3.63) is 59.7 Å². The Hall–Kier alpha value is -3.02. The smallest absolute Gasteiger partial charge is 0.305 e. The van der Waals surface area contributed by atoms with E-state index in [4.69, 9.17) is 14.6 Å². The Bertz CT molecular complexity index is 760. The zero-order valence-corrected chi connectivity index (χ0v) is 13.6. The number of carbonyl (C=O) groups excluding carboxylic acids is 1. The third kappa shape index (κ3) is 4.29. The molecule has 0 radical (unpaired) electrons. The van der Waals surface area contributed by atoms with Crippen LogP contribution in [-0.2, 0) is 4.79 Å². The lowest BCUT2D eigenvalue weighted by molar-refractivity contribution is -0.137. The number of carbonyl (C=O) groups is 2. The molecule has 0 aromatic heterocycles. The minimum Gasteiger partial charge on any atom is -0.490 e. The van der Waals surface area contributed by atoms with Gasteiger partial charge in [0, 0.05) is 12.0 Å². The highest BCUT2D eigenvalue weighted by Crippen LogP contribution is 2.30. The maximum atomic E-state index is 12.6. The summed E-state index contributed by atoms with van der Waals surface area (Å²) in [5.74, 6) is -0.197. The number of amides is 1. The molecule has 25 heavy (non-hydrogen) atoms. The van der Waals surface area contributed by atoms with Gasteiger partial charge in [0.05, 0.1) is 25.7 Å². The molecule has 0 saturated carbocycles. The minimum atomic E-state index is -0.979. The molecule has 2 N–H and O–H groups in total. The van der Waals surface area contributed by atoms with Crippen LogP contribution in [0, 0.1) is 0 Å². The Balaban J connectivity index is 1.79. The van der Waals surface area contributed by atoms with Crippen LogP contribution in [-0.4, -0.2) is 30.2 Å². The molecular weight excluding hydrogens is 322 g/mol. The Labute approximate surface area is 145 Å². The van der Waals surface area contributed by atoms with Crippen molar-refractivity contribution in [2.24, 2.45) is 0 Å². The Morgan fingerprint density at radius 2 is 1.76 bits per heavy atom. The van der Waals surface area contributed by atoms with Crippen LogP contribution in [0.25, 0.3) is 0 Å². The summed E-state index contributed by atoms with van der Waals surface area (Å²) in [6.07, 6.45) is 0.588. The van der Waals surface area contributed by atoms with Crippen LogP contribution in [0.2, 0.25) is 0 Å². The summed E-state index contributed by atoms with van der Waals surface area (Å²) < 4.78 is 11.1. The predicted octanol–water partition coefficient (Wildman–Crippen LogP) is 2.79. The quantitative estimate of drug-likeness (QED) is 0.873. The van der Waals surface area contributed by atoms with Crippen molar-refractivity contribution < 1.29 is 24.2 Å². The first-order valence-corrected chi connectivity index (χ1v) is 8.11. The van der Waals surface area contributed by atoms with Crippen molar-refractivity contribution in [2.45, 2.75) is 18.9 Å². The van der Waals surface area contributed by atoms with Gasteiger partial charge in [0.2, 0.25) is 0 Å². The number of nitrogens with one attached hydrogen (secondary N) is 1. The van der Waals surface area contributed by atoms with Gasteiger partial charge in [-0.15, -0.1) is 0 Å². The Morgan fingerprint density at radius 1 is 1.04 bits per heavy atom. The van der Waals surface area contributed by atoms with E-state index in [0.29, 0.717) is 30.3 Å². The van der Waals surface area contributed by atoms with E-state index in [1.54, 1.807) is 30.3 Å². The molecule has 6 nitrogen and oxygen atoms in total. The number of fused-ring (bicyclic) bond motifs is 1. The van der Waals surface area contributed by atoms with Gasteiger partial charge in [-0.1, -0.05) is 30.3 Å². The number of ether oxygens (including phenoxy) is 2. The van der Waals surface area contributed by atoms with Crippen LogP contribution >= 0.6 is 0 Å². The fourth-order valence-electron chi connectivity index (χ4n) is 2.66. The molecule has 1 aliphatic rings. The summed E-state index contributed by atoms with van der Waals surface area (Å²) >= 11 is 0. The first-order chi connectivity index (χ1) is 12.1. The first kappa shape index (κ1) is 16.8. The summed E-state index contributed by atoms with van der Waals surface area (Å²) in [6.45, 7) is 1.11. The van der Waals surface area contributed by atoms with E-state index in [2.05, 4.69) is 5.32 Å². The molecule has 0 fully saturated rings. The van der Waals surface area contributed by atoms with Gasteiger partial charge in [0.1, 0.15) is 0 Å². The zero-order valence-electron chi connectivity index (χ0n) is 13.6. The molecule has 1 atom stereocenters. The van der Waals surface area contributed by atoms with Crippen molar-refractivity contribution in [1.29, 1.82) is 0 Å². The van der Waals surface area contributed by atoms with E-state index in [0.717, 1.165) is 12.0 Å². The van der Waals surface area contributed by atoms with Crippen molar-refractivity contribution in [3.63, 3.8) is 0 Å². The summed E-state index contributed by atoms with van der Waals surface area (Å²) in [6, 6.07) is 13.4. The molecule has 130 valence electrons. The minimum absolute atomic E-state index is 0.194. The van der Waals surface area contributed by atoms with Crippen molar-refractivity contribution >= 4 is 11.9 Å². The number of hydrogen-bond acceptors (Lipinski definition) is 4. The van der Waals surface area contributed by atoms with Gasteiger partial charge in [0.15, 0.2) is 11.5 Å². The molecule has 2 aromatic carbocycles. The number of hydrogen-bond donors (Lipinski definition) is 2. The van der Waals surface area contributed by atoms with Crippen LogP contribution in [0.1, 0.15) is 34.8 Å². The van der Waals surface area contributed by atoms with Crippen molar-refractivity contribution in [3.8, 4) is 11.5 Å². The van der Waals surface area contributed by atoms with Gasteiger partial charge in [-0.25, -0.2) is 0 Å². The molecule has 1 amide bonds. The van der Waals surface area contributed by atoms with Gasteiger partial charge in [-0.3, -0.25) is 9.59 Å². The molecule has 0 bridgehead atoms. The second kappa shape index (κ2) is 7.70. The predicted molar refractivity (Wildman–Crippen MR) is 91.0 cm³/mol. The second-order valence-electron chi connectivity index (χ2n) is 5.75. The van der Waals surface area contributed by atoms with Gasteiger partial charge < -0.3 is 19.9 Å². The number of benzene rings is 2. The molecule has 3 rings (SSSR count). The van der Waals surface area contributed by atoms with Gasteiger partial charge in [-0.05, 0) is 23.8 Å². The monoisotopic (exact) mass is 341 g/mol. The highest BCUT2D eigenvalue weighted by atomic mass is 16.5. The average molecular weight is 341 g/mol. The number of aliphatic carboxylic acids is 1. The van der Waals surface area contributed by atoms with E-state index in [1.807, 2.05) is 18.2 Å². The first-order valence-electron chi connectivity index (χ1n) is 8.11. The molecule has 2 aromatic rings. The number of rotatable bonds is 5. The lowest BCUT2D eigenvalue weighted by Crippen LogP contribution is -2.30. The molecule has 1 unspecified atom stereocenters. The van der Waals surface area contributed by atoms with Crippen LogP contribution in [0.3, 0.4) is 0 Å². The maximum absolute atomic E-state index is 12.6. The van der Waals surface area contributed by atoms with Crippen LogP contribution in [0.5, 0.6) is 11.5 Å². The normalized spacial score (nSPS) is 14.2. The third-order valence-corrected chi connectivity index (χ3v) is 3.90. The third-order valence-electron chi connectivity index (χ3n) is 3.90. The van der Waals surface area contributed by atoms with Gasteiger partial charge >= 0.3 is 5.97 Å². The molecule has 0 saturated heterocycles. The molecule has 1 heterocycles. The van der Waals surface area contributed by atoms with Gasteiger partial charge in [0.25, 0.3) is 5.91 Å². The SMILES string of the molecule is O=C(O)CC(NC(=O)c1ccc2c(c1)OCCCO2)c1ccccc1. The lowest BCUT2D eigenvalue weighted by Gasteiger charge is -2.18. The largest absolute Gasteiger partial charge is 0.490 e. The summed E-state index contributed by atoms with van der Waals surface area (Å²) in [5.41, 5.74) is 1.14. The Morgan fingerprint density at radius 3 is 2.48 bits per heavy atom. The molecule has 1 aliphatic heterocycles. The molecular formula is C19H19NO5. The van der Waals surface area contributed by atoms with Gasteiger partial charge in [-0.2, -0.15) is 0 Å². The summed E-state index contributed by atoms with van der Waals surface area (Å²) in [5, 5.41) is 11.9. The van der Waals surface area contributed by atoms with E-state index in [1.165, 1.54) is 0 Å². The topological polar surface area (TPSA) is 84.9 Å². The molecule has 6 heteroatoms. The van der Waals surface area contributed by atoms with Crippen LogP contribution in [0.15, 0.2) is 48.5 Å². The maximum Gasteiger partial charge on any atom is 0.305 e. The van der Waals surface area contributed by atoms with E-state index in [-0.39, 0.29) is 12.3 Å². The number of carboxylic acids is 1. The Kier molecular flexibility index (Phi) is 5.18. The fraction of sp³-hybridized carbons (Fsp3) is 0.263. The van der Waals surface area contributed by atoms with Crippen molar-refractivity contribution in [2.75, 3.05) is 13.2 Å². The summed E-state index contributed by atoms with van der Waals surface area (Å²) in [4.78, 5) is 23.7. The van der Waals surface area contributed by atoms with E-state index >= 15 is 0 Å². The zero-order chi connectivity index (χ0) is 17.6. The second-order valence-corrected chi connectivity index (χ2v) is 5.75. The number of carboxylic acid groups (broad SMARTS) is 1. The summed E-state index contributed by atoms with van der Waals surface area (Å²) in [7, 11) is 0. The average Bonchev–Trinajstić information content (AvgIpc) is 2.86. The van der Waals surface area contributed by atoms with E-state index in [9.17, 15) is 9.59 Å². The highest BCUT2D eigenvalue weighted by molar-refractivity contribution is 5.95.